The lowest BCUT2D eigenvalue weighted by atomic mass is 10.2. The van der Waals surface area contributed by atoms with E-state index in [0.717, 1.165) is 10.5 Å². The molecule has 0 fully saturated rings. The summed E-state index contributed by atoms with van der Waals surface area (Å²) >= 11 is 7.61. The molecule has 0 radical (unpaired) electrons. The largest absolute Gasteiger partial charge is 0.310 e. The minimum Gasteiger partial charge on any atom is -0.310 e. The highest BCUT2D eigenvalue weighted by molar-refractivity contribution is 8.00. The summed E-state index contributed by atoms with van der Waals surface area (Å²) in [4.78, 5) is 14.6. The van der Waals surface area contributed by atoms with E-state index in [2.05, 4.69) is 4.72 Å². The van der Waals surface area contributed by atoms with Gasteiger partial charge in [-0.05, 0) is 42.8 Å². The van der Waals surface area contributed by atoms with Gasteiger partial charge in [0.1, 0.15) is 0 Å². The SMILES string of the molecule is CC(=O)N1C[C@H](C)Sc2ccc(S(=O)(=O)Nc3cc(Cl)ccc3C)cc21. The fourth-order valence-corrected chi connectivity index (χ4v) is 5.20. The quantitative estimate of drug-likeness (QED) is 0.819. The van der Waals surface area contributed by atoms with E-state index in [1.165, 1.54) is 6.92 Å². The van der Waals surface area contributed by atoms with Crippen LogP contribution in [0.15, 0.2) is 46.2 Å². The van der Waals surface area contributed by atoms with Crippen LogP contribution >= 0.6 is 23.4 Å². The fourth-order valence-electron chi connectivity index (χ4n) is 2.79. The van der Waals surface area contributed by atoms with Crippen LogP contribution in [0.4, 0.5) is 11.4 Å². The number of aryl methyl sites for hydroxylation is 1. The predicted molar refractivity (Wildman–Crippen MR) is 107 cm³/mol. The number of nitrogens with one attached hydrogen (secondary N) is 1. The Morgan fingerprint density at radius 2 is 2.00 bits per heavy atom. The average molecular weight is 411 g/mol. The van der Waals surface area contributed by atoms with Crippen molar-refractivity contribution in [2.24, 2.45) is 0 Å². The second-order valence-electron chi connectivity index (χ2n) is 6.25. The molecule has 1 heterocycles. The number of fused-ring (bicyclic) bond motifs is 1. The first-order chi connectivity index (χ1) is 12.2. The van der Waals surface area contributed by atoms with Crippen molar-refractivity contribution in [2.45, 2.75) is 35.8 Å². The molecule has 8 heteroatoms. The molecule has 138 valence electrons. The molecular formula is C18H19ClN2O3S2. The maximum Gasteiger partial charge on any atom is 0.261 e. The van der Waals surface area contributed by atoms with Crippen molar-refractivity contribution >= 4 is 50.7 Å². The molecule has 0 bridgehead atoms. The van der Waals surface area contributed by atoms with E-state index in [1.807, 2.05) is 6.92 Å². The average Bonchev–Trinajstić information content (AvgIpc) is 2.56. The van der Waals surface area contributed by atoms with Crippen LogP contribution in [0.3, 0.4) is 0 Å². The van der Waals surface area contributed by atoms with E-state index < -0.39 is 10.0 Å². The van der Waals surface area contributed by atoms with E-state index in [0.29, 0.717) is 22.9 Å². The molecule has 5 nitrogen and oxygen atoms in total. The Bertz CT molecular complexity index is 976. The molecule has 2 aromatic carbocycles. The number of sulfonamides is 1. The van der Waals surface area contributed by atoms with Crippen LogP contribution in [-0.2, 0) is 14.8 Å². The number of rotatable bonds is 3. The molecule has 1 atom stereocenters. The van der Waals surface area contributed by atoms with E-state index in [9.17, 15) is 13.2 Å². The molecule has 26 heavy (non-hydrogen) atoms. The van der Waals surface area contributed by atoms with Crippen molar-refractivity contribution in [1.29, 1.82) is 0 Å². The second kappa shape index (κ2) is 7.13. The molecule has 0 saturated heterocycles. The summed E-state index contributed by atoms with van der Waals surface area (Å²) in [7, 11) is -3.80. The first-order valence-corrected chi connectivity index (χ1v) is 10.8. The van der Waals surface area contributed by atoms with Gasteiger partial charge in [0.2, 0.25) is 5.91 Å². The summed E-state index contributed by atoms with van der Waals surface area (Å²) in [5.74, 6) is -0.105. The van der Waals surface area contributed by atoms with Crippen LogP contribution in [0.25, 0.3) is 0 Å². The van der Waals surface area contributed by atoms with Gasteiger partial charge in [-0.25, -0.2) is 8.42 Å². The van der Waals surface area contributed by atoms with Gasteiger partial charge in [0.05, 0.1) is 16.3 Å². The summed E-state index contributed by atoms with van der Waals surface area (Å²) in [5, 5.41) is 0.702. The smallest absolute Gasteiger partial charge is 0.261 e. The Kier molecular flexibility index (Phi) is 5.23. The van der Waals surface area contributed by atoms with Gasteiger partial charge in [0.25, 0.3) is 10.0 Å². The van der Waals surface area contributed by atoms with Crippen molar-refractivity contribution < 1.29 is 13.2 Å². The van der Waals surface area contributed by atoms with Gasteiger partial charge in [-0.3, -0.25) is 9.52 Å². The zero-order valence-electron chi connectivity index (χ0n) is 14.6. The number of carbonyl (C=O) groups excluding carboxylic acids is 1. The van der Waals surface area contributed by atoms with E-state index in [-0.39, 0.29) is 16.1 Å². The van der Waals surface area contributed by atoms with Gasteiger partial charge in [-0.15, -0.1) is 11.8 Å². The van der Waals surface area contributed by atoms with Crippen LogP contribution in [0, 0.1) is 6.92 Å². The van der Waals surface area contributed by atoms with Crippen LogP contribution in [0.5, 0.6) is 0 Å². The van der Waals surface area contributed by atoms with E-state index in [1.54, 1.807) is 60.0 Å². The van der Waals surface area contributed by atoms with Crippen molar-refractivity contribution in [2.75, 3.05) is 16.2 Å². The molecule has 1 aliphatic heterocycles. The maximum atomic E-state index is 12.8. The number of carbonyl (C=O) groups is 1. The fraction of sp³-hybridized carbons (Fsp3) is 0.278. The first kappa shape index (κ1) is 19.1. The van der Waals surface area contributed by atoms with Crippen LogP contribution < -0.4 is 9.62 Å². The third kappa shape index (κ3) is 3.84. The molecule has 1 amide bonds. The minimum atomic E-state index is -3.80. The monoisotopic (exact) mass is 410 g/mol. The molecular weight excluding hydrogens is 392 g/mol. The van der Waals surface area contributed by atoms with Gasteiger partial charge < -0.3 is 4.90 Å². The maximum absolute atomic E-state index is 12.8. The van der Waals surface area contributed by atoms with E-state index >= 15 is 0 Å². The Hall–Kier alpha value is -1.70. The highest BCUT2D eigenvalue weighted by Gasteiger charge is 2.27. The van der Waals surface area contributed by atoms with Crippen LogP contribution in [0.1, 0.15) is 19.4 Å². The molecule has 3 rings (SSSR count). The summed E-state index contributed by atoms with van der Waals surface area (Å²) in [6.07, 6.45) is 0. The number of hydrogen-bond acceptors (Lipinski definition) is 4. The zero-order valence-corrected chi connectivity index (χ0v) is 17.0. The lowest BCUT2D eigenvalue weighted by molar-refractivity contribution is -0.116. The summed E-state index contributed by atoms with van der Waals surface area (Å²) in [5.41, 5.74) is 1.83. The molecule has 2 aromatic rings. The summed E-state index contributed by atoms with van der Waals surface area (Å²) < 4.78 is 28.2. The van der Waals surface area contributed by atoms with Crippen molar-refractivity contribution in [3.8, 4) is 0 Å². The number of benzene rings is 2. The predicted octanol–water partition coefficient (Wildman–Crippen LogP) is 4.30. The molecule has 1 aliphatic rings. The number of anilines is 2. The van der Waals surface area contributed by atoms with Gasteiger partial charge in [-0.1, -0.05) is 24.6 Å². The second-order valence-corrected chi connectivity index (χ2v) is 9.85. The Morgan fingerprint density at radius 3 is 2.69 bits per heavy atom. The lowest BCUT2D eigenvalue weighted by Gasteiger charge is -2.32. The number of halogens is 1. The van der Waals surface area contributed by atoms with Gasteiger partial charge in [0.15, 0.2) is 0 Å². The molecule has 1 N–H and O–H groups in total. The Balaban J connectivity index is 2.00. The normalized spacial score (nSPS) is 16.9. The molecule has 0 spiro atoms. The number of hydrogen-bond donors (Lipinski definition) is 1. The lowest BCUT2D eigenvalue weighted by Crippen LogP contribution is -2.37. The summed E-state index contributed by atoms with van der Waals surface area (Å²) in [6, 6.07) is 9.90. The van der Waals surface area contributed by atoms with Gasteiger partial charge >= 0.3 is 0 Å². The van der Waals surface area contributed by atoms with Crippen LogP contribution in [-0.4, -0.2) is 26.1 Å². The van der Waals surface area contributed by atoms with Crippen molar-refractivity contribution in [1.82, 2.24) is 0 Å². The number of thioether (sulfide) groups is 1. The molecule has 0 unspecified atom stereocenters. The third-order valence-electron chi connectivity index (χ3n) is 4.12. The number of amides is 1. The van der Waals surface area contributed by atoms with E-state index in [4.69, 9.17) is 11.6 Å². The third-order valence-corrected chi connectivity index (χ3v) is 6.87. The zero-order chi connectivity index (χ0) is 19.1. The van der Waals surface area contributed by atoms with Crippen molar-refractivity contribution in [3.63, 3.8) is 0 Å². The Labute approximate surface area is 162 Å². The number of nitrogens with zero attached hydrogens (tertiary/aromatic N) is 1. The van der Waals surface area contributed by atoms with Gasteiger partial charge in [0, 0.05) is 28.6 Å². The van der Waals surface area contributed by atoms with Crippen molar-refractivity contribution in [3.05, 3.63) is 47.0 Å². The highest BCUT2D eigenvalue weighted by Crippen LogP contribution is 2.40. The first-order valence-electron chi connectivity index (χ1n) is 8.05. The molecule has 0 aliphatic carbocycles. The standard InChI is InChI=1S/C18H19ClN2O3S2/c1-11-4-5-14(19)8-16(11)20-26(23,24)15-6-7-18-17(9-15)21(13(3)22)10-12(2)25-18/h4-9,12,20H,10H2,1-3H3/t12-/m0/s1. The topological polar surface area (TPSA) is 66.5 Å². The highest BCUT2D eigenvalue weighted by atomic mass is 35.5. The minimum absolute atomic E-state index is 0.105. The van der Waals surface area contributed by atoms with Crippen LogP contribution in [0.2, 0.25) is 5.02 Å². The molecule has 0 aromatic heterocycles. The Morgan fingerprint density at radius 1 is 1.27 bits per heavy atom. The van der Waals surface area contributed by atoms with Gasteiger partial charge in [-0.2, -0.15) is 0 Å². The summed E-state index contributed by atoms with van der Waals surface area (Å²) in [6.45, 7) is 5.88. The molecule has 0 saturated carbocycles.